The number of aromatic nitrogens is 1. The molecule has 1 saturated heterocycles. The van der Waals surface area contributed by atoms with Crippen molar-refractivity contribution in [1.29, 1.82) is 0 Å². The van der Waals surface area contributed by atoms with Crippen LogP contribution in [0.4, 0.5) is 11.5 Å². The molecule has 4 nitrogen and oxygen atoms in total. The van der Waals surface area contributed by atoms with Gasteiger partial charge in [0.25, 0.3) is 0 Å². The molecule has 0 amide bonds. The largest absolute Gasteiger partial charge is 0.399 e. The Balaban J connectivity index is 2.21. The topological polar surface area (TPSA) is 51.4 Å². The summed E-state index contributed by atoms with van der Waals surface area (Å²) in [5, 5.41) is 0. The summed E-state index contributed by atoms with van der Waals surface area (Å²) in [6.45, 7) is 3.15. The molecule has 0 unspecified atom stereocenters. The van der Waals surface area contributed by atoms with Crippen LogP contribution in [0, 0.1) is 0 Å². The van der Waals surface area contributed by atoms with Crippen molar-refractivity contribution in [3.63, 3.8) is 0 Å². The van der Waals surface area contributed by atoms with Gasteiger partial charge >= 0.3 is 0 Å². The highest BCUT2D eigenvalue weighted by molar-refractivity contribution is 6.31. The van der Waals surface area contributed by atoms with E-state index in [1.165, 1.54) is 0 Å². The molecule has 2 radical (unpaired) electrons. The van der Waals surface area contributed by atoms with Gasteiger partial charge in [-0.2, -0.15) is 0 Å². The van der Waals surface area contributed by atoms with Crippen molar-refractivity contribution >= 4 is 24.9 Å². The van der Waals surface area contributed by atoms with E-state index in [9.17, 15) is 0 Å². The van der Waals surface area contributed by atoms with Crippen molar-refractivity contribution in [3.05, 3.63) is 12.1 Å². The molecule has 1 aromatic heterocycles. The van der Waals surface area contributed by atoms with Gasteiger partial charge in [-0.15, -0.1) is 0 Å². The zero-order valence-corrected chi connectivity index (χ0v) is 7.94. The number of ether oxygens (including phenoxy) is 1. The van der Waals surface area contributed by atoms with Gasteiger partial charge < -0.3 is 15.4 Å². The molecule has 2 rings (SSSR count). The van der Waals surface area contributed by atoms with E-state index in [0.717, 1.165) is 32.1 Å². The van der Waals surface area contributed by atoms with Gasteiger partial charge in [-0.25, -0.2) is 4.98 Å². The van der Waals surface area contributed by atoms with E-state index in [0.29, 0.717) is 11.3 Å². The Hall–Kier alpha value is -1.23. The minimum absolute atomic E-state index is 0.464. The lowest BCUT2D eigenvalue weighted by Gasteiger charge is -2.28. The first kappa shape index (κ1) is 9.33. The third-order valence-corrected chi connectivity index (χ3v) is 2.19. The summed E-state index contributed by atoms with van der Waals surface area (Å²) in [5.41, 5.74) is 6.80. The predicted octanol–water partition coefficient (Wildman–Crippen LogP) is -0.706. The Morgan fingerprint density at radius 1 is 1.36 bits per heavy atom. The quantitative estimate of drug-likeness (QED) is 0.593. The number of nitrogen functional groups attached to an aromatic ring is 1. The summed E-state index contributed by atoms with van der Waals surface area (Å²) >= 11 is 0. The van der Waals surface area contributed by atoms with E-state index in [-0.39, 0.29) is 0 Å². The van der Waals surface area contributed by atoms with Crippen LogP contribution in [0.5, 0.6) is 0 Å². The van der Waals surface area contributed by atoms with Crippen molar-refractivity contribution in [2.24, 2.45) is 0 Å². The monoisotopic (exact) mass is 189 g/mol. The summed E-state index contributed by atoms with van der Waals surface area (Å²) in [7, 11) is 5.62. The van der Waals surface area contributed by atoms with E-state index < -0.39 is 0 Å². The molecule has 14 heavy (non-hydrogen) atoms. The first-order valence-electron chi connectivity index (χ1n) is 4.61. The van der Waals surface area contributed by atoms with E-state index in [2.05, 4.69) is 9.88 Å². The lowest BCUT2D eigenvalue weighted by Crippen LogP contribution is -2.37. The van der Waals surface area contributed by atoms with Crippen molar-refractivity contribution < 1.29 is 4.74 Å². The van der Waals surface area contributed by atoms with Gasteiger partial charge in [0.05, 0.1) is 13.2 Å². The Morgan fingerprint density at radius 3 is 2.71 bits per heavy atom. The average Bonchev–Trinajstić information content (AvgIpc) is 2.18. The normalized spacial score (nSPS) is 17.0. The van der Waals surface area contributed by atoms with Crippen LogP contribution >= 0.6 is 0 Å². The number of morpholine rings is 1. The molecule has 0 bridgehead atoms. The van der Waals surface area contributed by atoms with Gasteiger partial charge in [-0.05, 0) is 11.7 Å². The first-order valence-corrected chi connectivity index (χ1v) is 4.61. The Morgan fingerprint density at radius 2 is 2.07 bits per heavy atom. The van der Waals surface area contributed by atoms with Gasteiger partial charge in [0, 0.05) is 24.8 Å². The molecular weight excluding hydrogens is 177 g/mol. The minimum Gasteiger partial charge on any atom is -0.399 e. The summed E-state index contributed by atoms with van der Waals surface area (Å²) < 4.78 is 5.25. The van der Waals surface area contributed by atoms with Crippen LogP contribution in [-0.4, -0.2) is 39.1 Å². The van der Waals surface area contributed by atoms with Crippen molar-refractivity contribution in [2.75, 3.05) is 36.9 Å². The van der Waals surface area contributed by atoms with Crippen LogP contribution in [0.1, 0.15) is 0 Å². The molecule has 1 aliphatic rings. The molecule has 5 heteroatoms. The molecule has 2 N–H and O–H groups in total. The second kappa shape index (κ2) is 3.88. The molecule has 0 atom stereocenters. The van der Waals surface area contributed by atoms with Gasteiger partial charge in [0.1, 0.15) is 13.7 Å². The summed E-state index contributed by atoms with van der Waals surface area (Å²) in [5.74, 6) is 0.839. The average molecular weight is 189 g/mol. The zero-order chi connectivity index (χ0) is 9.97. The number of rotatable bonds is 1. The third kappa shape index (κ3) is 1.98. The zero-order valence-electron chi connectivity index (χ0n) is 7.94. The predicted molar refractivity (Wildman–Crippen MR) is 57.1 cm³/mol. The summed E-state index contributed by atoms with van der Waals surface area (Å²) in [6, 6.07) is 3.49. The van der Waals surface area contributed by atoms with Crippen molar-refractivity contribution in [1.82, 2.24) is 4.98 Å². The first-order chi connectivity index (χ1) is 6.75. The van der Waals surface area contributed by atoms with Crippen LogP contribution in [0.25, 0.3) is 0 Å². The molecule has 1 aliphatic heterocycles. The smallest absolute Gasteiger partial charge is 0.141 e. The van der Waals surface area contributed by atoms with Gasteiger partial charge in [-0.1, -0.05) is 0 Å². The Kier molecular flexibility index (Phi) is 2.59. The molecular formula is C9H12BN3O. The van der Waals surface area contributed by atoms with E-state index in [1.807, 2.05) is 6.07 Å². The molecule has 72 valence electrons. The SMILES string of the molecule is [B]c1cc(N)cc(N2CCOCC2)n1. The number of hydrogen-bond donors (Lipinski definition) is 1. The van der Waals surface area contributed by atoms with Crippen LogP contribution < -0.4 is 16.2 Å². The Bertz CT molecular complexity index is 306. The van der Waals surface area contributed by atoms with Gasteiger partial charge in [-0.3, -0.25) is 0 Å². The van der Waals surface area contributed by atoms with Crippen molar-refractivity contribution in [2.45, 2.75) is 0 Å². The molecule has 1 fully saturated rings. The molecule has 0 aromatic carbocycles. The maximum Gasteiger partial charge on any atom is 0.141 e. The lowest BCUT2D eigenvalue weighted by atomic mass is 10.0. The molecule has 0 spiro atoms. The number of pyridine rings is 1. The van der Waals surface area contributed by atoms with E-state index in [4.69, 9.17) is 18.3 Å². The van der Waals surface area contributed by atoms with Crippen molar-refractivity contribution in [3.8, 4) is 0 Å². The fraction of sp³-hybridized carbons (Fsp3) is 0.444. The van der Waals surface area contributed by atoms with Gasteiger partial charge in [0.15, 0.2) is 0 Å². The van der Waals surface area contributed by atoms with Crippen LogP contribution in [0.15, 0.2) is 12.1 Å². The number of nitrogens with zero attached hydrogens (tertiary/aromatic N) is 2. The third-order valence-electron chi connectivity index (χ3n) is 2.19. The molecule has 0 aliphatic carbocycles. The summed E-state index contributed by atoms with van der Waals surface area (Å²) in [4.78, 5) is 6.35. The fourth-order valence-corrected chi connectivity index (χ4v) is 1.51. The minimum atomic E-state index is 0.464. The van der Waals surface area contributed by atoms with E-state index in [1.54, 1.807) is 6.07 Å². The number of hydrogen-bond acceptors (Lipinski definition) is 4. The molecule has 1 aromatic rings. The molecule has 0 saturated carbocycles. The summed E-state index contributed by atoms with van der Waals surface area (Å²) in [6.07, 6.45) is 0. The fourth-order valence-electron chi connectivity index (χ4n) is 1.51. The maximum absolute atomic E-state index is 5.69. The Labute approximate surface area is 84.5 Å². The standard InChI is InChI=1S/C9H12BN3O/c10-8-5-7(11)6-9(12-8)13-1-3-14-4-2-13/h5-6H,1-4H2,(H2,11,12). The van der Waals surface area contributed by atoms with Crippen LogP contribution in [0.3, 0.4) is 0 Å². The highest BCUT2D eigenvalue weighted by Crippen LogP contribution is 2.13. The van der Waals surface area contributed by atoms with Crippen LogP contribution in [0.2, 0.25) is 0 Å². The van der Waals surface area contributed by atoms with Gasteiger partial charge in [0.2, 0.25) is 0 Å². The highest BCUT2D eigenvalue weighted by atomic mass is 16.5. The second-order valence-corrected chi connectivity index (χ2v) is 3.28. The second-order valence-electron chi connectivity index (χ2n) is 3.28. The highest BCUT2D eigenvalue weighted by Gasteiger charge is 2.12. The molecule has 2 heterocycles. The number of nitrogens with two attached hydrogens (primary N) is 1. The number of anilines is 2. The van der Waals surface area contributed by atoms with E-state index >= 15 is 0 Å². The maximum atomic E-state index is 5.69. The van der Waals surface area contributed by atoms with Crippen LogP contribution in [-0.2, 0) is 4.74 Å². The lowest BCUT2D eigenvalue weighted by molar-refractivity contribution is 0.122.